The first kappa shape index (κ1) is 16.7. The predicted octanol–water partition coefficient (Wildman–Crippen LogP) is 2.67. The van der Waals surface area contributed by atoms with Crippen molar-refractivity contribution in [3.63, 3.8) is 0 Å². The van der Waals surface area contributed by atoms with Gasteiger partial charge in [-0.3, -0.25) is 5.32 Å². The Kier molecular flexibility index (Phi) is 5.60. The van der Waals surface area contributed by atoms with Gasteiger partial charge in [0.05, 0.1) is 0 Å². The van der Waals surface area contributed by atoms with E-state index in [4.69, 9.17) is 0 Å². The van der Waals surface area contributed by atoms with Gasteiger partial charge in [0.15, 0.2) is 0 Å². The molecule has 0 bridgehead atoms. The molecule has 112 valence electrons. The maximum absolute atomic E-state index is 10.1. The molecule has 3 nitrogen and oxygen atoms in total. The molecule has 0 radical (unpaired) electrons. The Bertz CT molecular complexity index is 325. The van der Waals surface area contributed by atoms with Crippen LogP contribution in [0, 0.1) is 10.8 Å². The van der Waals surface area contributed by atoms with Gasteiger partial charge in [0.25, 0.3) is 0 Å². The molecule has 3 unspecified atom stereocenters. The molecule has 0 aliphatic heterocycles. The van der Waals surface area contributed by atoms with Crippen LogP contribution in [0.1, 0.15) is 53.9 Å². The summed E-state index contributed by atoms with van der Waals surface area (Å²) in [5.74, 6) is 0. The van der Waals surface area contributed by atoms with Crippen LogP contribution in [0.2, 0.25) is 0 Å². The summed E-state index contributed by atoms with van der Waals surface area (Å²) in [6, 6.07) is 0.381. The molecule has 1 aliphatic carbocycles. The van der Waals surface area contributed by atoms with Crippen molar-refractivity contribution < 1.29 is 5.11 Å². The summed E-state index contributed by atoms with van der Waals surface area (Å²) in [4.78, 5) is 0. The predicted molar refractivity (Wildman–Crippen MR) is 82.0 cm³/mol. The van der Waals surface area contributed by atoms with Gasteiger partial charge in [0.1, 0.15) is 6.23 Å². The molecule has 1 rings (SSSR count). The smallest absolute Gasteiger partial charge is 0.126 e. The third-order valence-electron chi connectivity index (χ3n) is 4.33. The van der Waals surface area contributed by atoms with Gasteiger partial charge in [0.2, 0.25) is 0 Å². The lowest BCUT2D eigenvalue weighted by molar-refractivity contribution is 0.0469. The maximum atomic E-state index is 10.1. The third-order valence-corrected chi connectivity index (χ3v) is 4.33. The van der Waals surface area contributed by atoms with E-state index < -0.39 is 6.23 Å². The van der Waals surface area contributed by atoms with E-state index in [0.29, 0.717) is 16.9 Å². The molecule has 3 heteroatoms. The third kappa shape index (κ3) is 4.90. The fourth-order valence-electron chi connectivity index (χ4n) is 3.83. The first-order valence-electron chi connectivity index (χ1n) is 7.43. The van der Waals surface area contributed by atoms with Crippen LogP contribution in [0.5, 0.6) is 0 Å². The Morgan fingerprint density at radius 2 is 2.00 bits per heavy atom. The largest absolute Gasteiger partial charge is 0.375 e. The zero-order valence-corrected chi connectivity index (χ0v) is 13.5. The number of aliphatic hydroxyl groups excluding tert-OH is 1. The fourth-order valence-corrected chi connectivity index (χ4v) is 3.83. The van der Waals surface area contributed by atoms with E-state index in [1.165, 1.54) is 6.42 Å². The van der Waals surface area contributed by atoms with Crippen LogP contribution in [0.3, 0.4) is 0 Å². The lowest BCUT2D eigenvalue weighted by Crippen LogP contribution is -2.50. The van der Waals surface area contributed by atoms with Crippen molar-refractivity contribution >= 4 is 0 Å². The van der Waals surface area contributed by atoms with E-state index in [1.807, 2.05) is 27.0 Å². The molecule has 1 fully saturated rings. The Balaban J connectivity index is 2.73. The van der Waals surface area contributed by atoms with Crippen molar-refractivity contribution in [2.75, 3.05) is 13.6 Å². The Labute approximate surface area is 118 Å². The van der Waals surface area contributed by atoms with Gasteiger partial charge in [-0.25, -0.2) is 0 Å². The van der Waals surface area contributed by atoms with Gasteiger partial charge in [-0.15, -0.1) is 0 Å². The molecule has 0 aromatic rings. The van der Waals surface area contributed by atoms with Crippen LogP contribution >= 0.6 is 0 Å². The Morgan fingerprint density at radius 3 is 2.53 bits per heavy atom. The second-order valence-electron chi connectivity index (χ2n) is 7.39. The SMILES string of the molecule is C/C=C(/C)C(O)NC1CC(C)(C)CC(C)(CNC)C1. The van der Waals surface area contributed by atoms with Gasteiger partial charge in [-0.2, -0.15) is 0 Å². The highest BCUT2D eigenvalue weighted by molar-refractivity contribution is 5.04. The van der Waals surface area contributed by atoms with E-state index in [2.05, 4.69) is 31.4 Å². The summed E-state index contributed by atoms with van der Waals surface area (Å²) >= 11 is 0. The highest BCUT2D eigenvalue weighted by Crippen LogP contribution is 2.45. The minimum Gasteiger partial charge on any atom is -0.375 e. The summed E-state index contributed by atoms with van der Waals surface area (Å²) in [7, 11) is 2.02. The number of rotatable bonds is 5. The van der Waals surface area contributed by atoms with E-state index >= 15 is 0 Å². The molecular weight excluding hydrogens is 236 g/mol. The minimum atomic E-state index is -0.511. The van der Waals surface area contributed by atoms with Crippen molar-refractivity contribution in [3.8, 4) is 0 Å². The summed E-state index contributed by atoms with van der Waals surface area (Å²) in [6.07, 6.45) is 4.93. The van der Waals surface area contributed by atoms with Gasteiger partial charge < -0.3 is 10.4 Å². The Hall–Kier alpha value is -0.380. The average Bonchev–Trinajstić information content (AvgIpc) is 2.24. The second-order valence-corrected chi connectivity index (χ2v) is 7.39. The van der Waals surface area contributed by atoms with Crippen LogP contribution in [0.15, 0.2) is 11.6 Å². The molecule has 0 saturated heterocycles. The molecule has 3 N–H and O–H groups in total. The summed E-state index contributed by atoms with van der Waals surface area (Å²) in [5.41, 5.74) is 1.63. The van der Waals surface area contributed by atoms with Crippen molar-refractivity contribution in [3.05, 3.63) is 11.6 Å². The number of hydrogen-bond acceptors (Lipinski definition) is 3. The molecule has 1 aliphatic rings. The standard InChI is InChI=1S/C16H32N2O/c1-7-12(2)14(19)18-13-8-15(3,4)10-16(5,9-13)11-17-6/h7,13-14,17-19H,8-11H2,1-6H3/b12-7-. The van der Waals surface area contributed by atoms with Gasteiger partial charge in [0, 0.05) is 12.6 Å². The first-order chi connectivity index (χ1) is 8.71. The highest BCUT2D eigenvalue weighted by Gasteiger charge is 2.41. The Morgan fingerprint density at radius 1 is 1.37 bits per heavy atom. The molecule has 0 spiro atoms. The molecule has 1 saturated carbocycles. The van der Waals surface area contributed by atoms with Crippen LogP contribution < -0.4 is 10.6 Å². The van der Waals surface area contributed by atoms with Gasteiger partial charge >= 0.3 is 0 Å². The highest BCUT2D eigenvalue weighted by atomic mass is 16.3. The molecule has 0 heterocycles. The zero-order chi connectivity index (χ0) is 14.7. The van der Waals surface area contributed by atoms with E-state index in [1.54, 1.807) is 0 Å². The van der Waals surface area contributed by atoms with Crippen LogP contribution in [-0.4, -0.2) is 31.0 Å². The zero-order valence-electron chi connectivity index (χ0n) is 13.5. The van der Waals surface area contributed by atoms with E-state index in [0.717, 1.165) is 25.0 Å². The summed E-state index contributed by atoms with van der Waals surface area (Å²) in [6.45, 7) is 12.0. The molecule has 0 aromatic carbocycles. The van der Waals surface area contributed by atoms with Crippen molar-refractivity contribution in [1.82, 2.24) is 10.6 Å². The van der Waals surface area contributed by atoms with Gasteiger partial charge in [-0.05, 0) is 56.6 Å². The minimum absolute atomic E-state index is 0.303. The fraction of sp³-hybridized carbons (Fsp3) is 0.875. The van der Waals surface area contributed by atoms with Crippen molar-refractivity contribution in [1.29, 1.82) is 0 Å². The number of nitrogens with one attached hydrogen (secondary N) is 2. The summed E-state index contributed by atoms with van der Waals surface area (Å²) < 4.78 is 0. The topological polar surface area (TPSA) is 44.3 Å². The van der Waals surface area contributed by atoms with Crippen LogP contribution in [0.25, 0.3) is 0 Å². The average molecular weight is 268 g/mol. The normalized spacial score (nSPS) is 33.2. The lowest BCUT2D eigenvalue weighted by Gasteiger charge is -2.47. The van der Waals surface area contributed by atoms with Gasteiger partial charge in [-0.1, -0.05) is 26.8 Å². The number of aliphatic hydroxyl groups is 1. The second kappa shape index (κ2) is 6.38. The monoisotopic (exact) mass is 268 g/mol. The number of allylic oxidation sites excluding steroid dienone is 1. The van der Waals surface area contributed by atoms with Crippen LogP contribution in [-0.2, 0) is 0 Å². The molecule has 19 heavy (non-hydrogen) atoms. The first-order valence-corrected chi connectivity index (χ1v) is 7.43. The number of hydrogen-bond donors (Lipinski definition) is 3. The lowest BCUT2D eigenvalue weighted by atomic mass is 9.62. The van der Waals surface area contributed by atoms with Crippen LogP contribution in [0.4, 0.5) is 0 Å². The molecule has 0 aromatic heterocycles. The van der Waals surface area contributed by atoms with E-state index in [-0.39, 0.29) is 0 Å². The molecule has 0 amide bonds. The van der Waals surface area contributed by atoms with Crippen molar-refractivity contribution in [2.24, 2.45) is 10.8 Å². The quantitative estimate of drug-likeness (QED) is 0.530. The molecule has 3 atom stereocenters. The summed E-state index contributed by atoms with van der Waals surface area (Å²) in [5, 5.41) is 16.9. The van der Waals surface area contributed by atoms with Crippen molar-refractivity contribution in [2.45, 2.75) is 66.2 Å². The molecular formula is C16H32N2O. The maximum Gasteiger partial charge on any atom is 0.126 e. The van der Waals surface area contributed by atoms with E-state index in [9.17, 15) is 5.11 Å².